The normalized spacial score (nSPS) is 11.2. The van der Waals surface area contributed by atoms with E-state index in [9.17, 15) is 4.39 Å². The average molecular weight is 269 g/mol. The second-order valence-electron chi connectivity index (χ2n) is 4.60. The monoisotopic (exact) mass is 268 g/mol. The molecule has 96 valence electrons. The van der Waals surface area contributed by atoms with Crippen LogP contribution in [0.3, 0.4) is 0 Å². The van der Waals surface area contributed by atoms with Gasteiger partial charge in [0.25, 0.3) is 0 Å². The topological polar surface area (TPSA) is 52.0 Å². The average Bonchev–Trinajstić information content (AvgIpc) is 2.60. The minimum Gasteiger partial charge on any atom is -0.367 e. The fourth-order valence-corrected chi connectivity index (χ4v) is 1.98. The second kappa shape index (κ2) is 4.98. The SMILES string of the molecule is CC(C)Cc1c(-c2ccc(Cl)cc2F)noc1N. The zero-order chi connectivity index (χ0) is 13.3. The number of aromatic nitrogens is 1. The summed E-state index contributed by atoms with van der Waals surface area (Å²) in [6.45, 7) is 4.10. The van der Waals surface area contributed by atoms with Crippen LogP contribution in [-0.4, -0.2) is 5.16 Å². The fourth-order valence-electron chi connectivity index (χ4n) is 1.82. The Hall–Kier alpha value is -1.55. The Kier molecular flexibility index (Phi) is 3.57. The number of halogens is 2. The molecule has 0 spiro atoms. The summed E-state index contributed by atoms with van der Waals surface area (Å²) in [7, 11) is 0. The van der Waals surface area contributed by atoms with Crippen LogP contribution >= 0.6 is 11.6 Å². The lowest BCUT2D eigenvalue weighted by atomic mass is 9.99. The van der Waals surface area contributed by atoms with Crippen molar-refractivity contribution in [3.8, 4) is 11.3 Å². The number of nitrogens with zero attached hydrogens (tertiary/aromatic N) is 1. The van der Waals surface area contributed by atoms with Crippen LogP contribution in [0.4, 0.5) is 10.3 Å². The summed E-state index contributed by atoms with van der Waals surface area (Å²) < 4.78 is 18.8. The van der Waals surface area contributed by atoms with Gasteiger partial charge in [-0.05, 0) is 30.5 Å². The third-order valence-electron chi connectivity index (χ3n) is 2.62. The van der Waals surface area contributed by atoms with Crippen molar-refractivity contribution in [3.05, 3.63) is 34.6 Å². The predicted octanol–water partition coefficient (Wildman–Crippen LogP) is 3.91. The Morgan fingerprint density at radius 3 is 2.78 bits per heavy atom. The minimum absolute atomic E-state index is 0.244. The molecule has 0 aliphatic carbocycles. The summed E-state index contributed by atoms with van der Waals surface area (Å²) in [6.07, 6.45) is 0.687. The fraction of sp³-hybridized carbons (Fsp3) is 0.308. The van der Waals surface area contributed by atoms with Gasteiger partial charge in [0.05, 0.1) is 0 Å². The maximum Gasteiger partial charge on any atom is 0.225 e. The molecule has 3 nitrogen and oxygen atoms in total. The number of hydrogen-bond donors (Lipinski definition) is 1. The molecular formula is C13H14ClFN2O. The Morgan fingerprint density at radius 2 is 2.17 bits per heavy atom. The lowest BCUT2D eigenvalue weighted by molar-refractivity contribution is 0.437. The molecule has 1 heterocycles. The molecule has 0 atom stereocenters. The Bertz CT molecular complexity index is 566. The van der Waals surface area contributed by atoms with Crippen molar-refractivity contribution in [1.82, 2.24) is 5.16 Å². The molecule has 18 heavy (non-hydrogen) atoms. The lowest BCUT2D eigenvalue weighted by Gasteiger charge is -2.06. The molecule has 2 rings (SSSR count). The van der Waals surface area contributed by atoms with Crippen molar-refractivity contribution in [2.45, 2.75) is 20.3 Å². The highest BCUT2D eigenvalue weighted by Gasteiger charge is 2.19. The number of anilines is 1. The summed E-state index contributed by atoms with van der Waals surface area (Å²) in [6, 6.07) is 4.45. The quantitative estimate of drug-likeness (QED) is 0.918. The highest BCUT2D eigenvalue weighted by atomic mass is 35.5. The van der Waals surface area contributed by atoms with Crippen LogP contribution in [0.15, 0.2) is 22.7 Å². The van der Waals surface area contributed by atoms with Crippen LogP contribution in [-0.2, 0) is 6.42 Å². The maximum atomic E-state index is 13.9. The second-order valence-corrected chi connectivity index (χ2v) is 5.03. The summed E-state index contributed by atoms with van der Waals surface area (Å²) in [5.41, 5.74) is 7.28. The first-order valence-electron chi connectivity index (χ1n) is 5.68. The smallest absolute Gasteiger partial charge is 0.225 e. The molecule has 5 heteroatoms. The molecule has 0 unspecified atom stereocenters. The highest BCUT2D eigenvalue weighted by molar-refractivity contribution is 6.30. The lowest BCUT2D eigenvalue weighted by Crippen LogP contribution is -1.99. The molecule has 0 radical (unpaired) electrons. The van der Waals surface area contributed by atoms with E-state index >= 15 is 0 Å². The molecule has 1 aromatic carbocycles. The highest BCUT2D eigenvalue weighted by Crippen LogP contribution is 2.31. The van der Waals surface area contributed by atoms with E-state index in [1.54, 1.807) is 12.1 Å². The molecule has 0 fully saturated rings. The molecule has 1 aromatic heterocycles. The molecule has 0 aliphatic heterocycles. The van der Waals surface area contributed by atoms with Crippen molar-refractivity contribution in [3.63, 3.8) is 0 Å². The summed E-state index contributed by atoms with van der Waals surface area (Å²) in [5, 5.41) is 4.19. The molecular weight excluding hydrogens is 255 g/mol. The molecule has 0 saturated carbocycles. The van der Waals surface area contributed by atoms with Gasteiger partial charge in [0, 0.05) is 16.1 Å². The van der Waals surface area contributed by atoms with E-state index in [1.807, 2.05) is 0 Å². The van der Waals surface area contributed by atoms with E-state index in [2.05, 4.69) is 19.0 Å². The van der Waals surface area contributed by atoms with Crippen LogP contribution in [0.5, 0.6) is 0 Å². The molecule has 0 bridgehead atoms. The first-order valence-corrected chi connectivity index (χ1v) is 6.06. The van der Waals surface area contributed by atoms with Crippen LogP contribution in [0.25, 0.3) is 11.3 Å². The summed E-state index contributed by atoms with van der Waals surface area (Å²) in [4.78, 5) is 0. The van der Waals surface area contributed by atoms with Gasteiger partial charge in [-0.15, -0.1) is 0 Å². The summed E-state index contributed by atoms with van der Waals surface area (Å²) in [5.74, 6) is 0.190. The number of rotatable bonds is 3. The van der Waals surface area contributed by atoms with Crippen LogP contribution < -0.4 is 5.73 Å². The van der Waals surface area contributed by atoms with E-state index in [0.717, 1.165) is 5.56 Å². The van der Waals surface area contributed by atoms with Gasteiger partial charge in [-0.25, -0.2) is 4.39 Å². The third-order valence-corrected chi connectivity index (χ3v) is 2.85. The first-order chi connectivity index (χ1) is 8.49. The number of benzene rings is 1. The van der Waals surface area contributed by atoms with Crippen LogP contribution in [0, 0.1) is 11.7 Å². The van der Waals surface area contributed by atoms with Crippen LogP contribution in [0.1, 0.15) is 19.4 Å². The molecule has 2 N–H and O–H groups in total. The van der Waals surface area contributed by atoms with Gasteiger partial charge < -0.3 is 10.3 Å². The van der Waals surface area contributed by atoms with Gasteiger partial charge in [0.1, 0.15) is 11.5 Å². The van der Waals surface area contributed by atoms with Crippen molar-refractivity contribution < 1.29 is 8.91 Å². The molecule has 2 aromatic rings. The van der Waals surface area contributed by atoms with Crippen molar-refractivity contribution in [1.29, 1.82) is 0 Å². The van der Waals surface area contributed by atoms with Gasteiger partial charge >= 0.3 is 0 Å². The van der Waals surface area contributed by atoms with E-state index in [-0.39, 0.29) is 5.88 Å². The molecule has 0 saturated heterocycles. The maximum absolute atomic E-state index is 13.9. The van der Waals surface area contributed by atoms with Gasteiger partial charge in [-0.2, -0.15) is 0 Å². The number of nitrogen functional groups attached to an aromatic ring is 1. The largest absolute Gasteiger partial charge is 0.367 e. The van der Waals surface area contributed by atoms with E-state index in [0.29, 0.717) is 28.6 Å². The Morgan fingerprint density at radius 1 is 1.44 bits per heavy atom. The van der Waals surface area contributed by atoms with E-state index < -0.39 is 5.82 Å². The van der Waals surface area contributed by atoms with Gasteiger partial charge in [0.2, 0.25) is 5.88 Å². The number of nitrogens with two attached hydrogens (primary N) is 1. The first kappa shape index (κ1) is 12.9. The zero-order valence-corrected chi connectivity index (χ0v) is 11.0. The van der Waals surface area contributed by atoms with Gasteiger partial charge in [-0.3, -0.25) is 0 Å². The van der Waals surface area contributed by atoms with Crippen molar-refractivity contribution in [2.75, 3.05) is 5.73 Å². The van der Waals surface area contributed by atoms with Gasteiger partial charge in [0.15, 0.2) is 0 Å². The van der Waals surface area contributed by atoms with E-state index in [4.69, 9.17) is 21.9 Å². The Labute approximate surface area is 110 Å². The Balaban J connectivity index is 2.50. The van der Waals surface area contributed by atoms with E-state index in [1.165, 1.54) is 6.07 Å². The van der Waals surface area contributed by atoms with Crippen LogP contribution in [0.2, 0.25) is 5.02 Å². The molecule has 0 amide bonds. The molecule has 0 aliphatic rings. The zero-order valence-electron chi connectivity index (χ0n) is 10.2. The number of hydrogen-bond acceptors (Lipinski definition) is 3. The van der Waals surface area contributed by atoms with Crippen molar-refractivity contribution >= 4 is 17.5 Å². The minimum atomic E-state index is -0.430. The predicted molar refractivity (Wildman–Crippen MR) is 69.9 cm³/mol. The summed E-state index contributed by atoms with van der Waals surface area (Å²) >= 11 is 5.73. The standard InChI is InChI=1S/C13H14ClFN2O/c1-7(2)5-10-12(17-18-13(10)16)9-4-3-8(14)6-11(9)15/h3-4,6-7H,5,16H2,1-2H3. The third kappa shape index (κ3) is 2.48. The van der Waals surface area contributed by atoms with Crippen molar-refractivity contribution in [2.24, 2.45) is 5.92 Å². The van der Waals surface area contributed by atoms with Gasteiger partial charge in [-0.1, -0.05) is 30.6 Å².